The van der Waals surface area contributed by atoms with Crippen LogP contribution in [0.5, 0.6) is 5.75 Å². The standard InChI is InChI=1S/C12H15N5O3/c1-17-15-11(14-16-17)8-20-12(18)5-6-19-10-4-2-3-9(13)7-10/h2-4,7H,5-6,8,13H2,1H3. The maximum Gasteiger partial charge on any atom is 0.309 e. The highest BCUT2D eigenvalue weighted by Gasteiger charge is 2.07. The Morgan fingerprint density at radius 2 is 2.30 bits per heavy atom. The zero-order valence-electron chi connectivity index (χ0n) is 11.0. The number of carbonyl (C=O) groups is 1. The Labute approximate surface area is 115 Å². The minimum Gasteiger partial charge on any atom is -0.493 e. The number of hydrogen-bond acceptors (Lipinski definition) is 7. The zero-order chi connectivity index (χ0) is 14.4. The minimum absolute atomic E-state index is 0.00492. The summed E-state index contributed by atoms with van der Waals surface area (Å²) < 4.78 is 10.4. The number of esters is 1. The molecule has 0 aliphatic heterocycles. The van der Waals surface area contributed by atoms with Crippen molar-refractivity contribution in [3.05, 3.63) is 30.1 Å². The lowest BCUT2D eigenvalue weighted by atomic mass is 10.3. The van der Waals surface area contributed by atoms with Gasteiger partial charge in [0.2, 0.25) is 5.82 Å². The van der Waals surface area contributed by atoms with Gasteiger partial charge in [0, 0.05) is 11.8 Å². The molecule has 0 amide bonds. The highest BCUT2D eigenvalue weighted by Crippen LogP contribution is 2.14. The summed E-state index contributed by atoms with van der Waals surface area (Å²) in [4.78, 5) is 12.8. The zero-order valence-corrected chi connectivity index (χ0v) is 11.0. The fourth-order valence-electron chi connectivity index (χ4n) is 1.45. The molecule has 106 valence electrons. The van der Waals surface area contributed by atoms with Crippen LogP contribution in [0, 0.1) is 0 Å². The number of anilines is 1. The molecule has 8 heteroatoms. The topological polar surface area (TPSA) is 105 Å². The van der Waals surface area contributed by atoms with E-state index < -0.39 is 0 Å². The first-order chi connectivity index (χ1) is 9.63. The number of nitrogens with two attached hydrogens (primary N) is 1. The smallest absolute Gasteiger partial charge is 0.309 e. The van der Waals surface area contributed by atoms with Gasteiger partial charge in [-0.25, -0.2) is 0 Å². The molecule has 0 spiro atoms. The van der Waals surface area contributed by atoms with Gasteiger partial charge in [-0.3, -0.25) is 4.79 Å². The third-order valence-electron chi connectivity index (χ3n) is 2.35. The molecule has 2 rings (SSSR count). The van der Waals surface area contributed by atoms with Crippen molar-refractivity contribution < 1.29 is 14.3 Å². The first kappa shape index (κ1) is 13.8. The number of nitrogen functional groups attached to an aromatic ring is 1. The summed E-state index contributed by atoms with van der Waals surface area (Å²) in [5.41, 5.74) is 6.22. The van der Waals surface area contributed by atoms with E-state index >= 15 is 0 Å². The van der Waals surface area contributed by atoms with Crippen LogP contribution in [0.15, 0.2) is 24.3 Å². The first-order valence-electron chi connectivity index (χ1n) is 6.00. The largest absolute Gasteiger partial charge is 0.493 e. The van der Waals surface area contributed by atoms with E-state index in [1.54, 1.807) is 31.3 Å². The molecule has 2 aromatic rings. The van der Waals surface area contributed by atoms with Crippen molar-refractivity contribution in [3.63, 3.8) is 0 Å². The average Bonchev–Trinajstić information content (AvgIpc) is 2.82. The van der Waals surface area contributed by atoms with E-state index in [0.717, 1.165) is 0 Å². The van der Waals surface area contributed by atoms with E-state index in [1.165, 1.54) is 4.80 Å². The molecule has 1 aromatic carbocycles. The number of tetrazole rings is 1. The summed E-state index contributed by atoms with van der Waals surface area (Å²) >= 11 is 0. The fourth-order valence-corrected chi connectivity index (χ4v) is 1.45. The molecule has 0 aliphatic carbocycles. The van der Waals surface area contributed by atoms with E-state index in [-0.39, 0.29) is 25.6 Å². The van der Waals surface area contributed by atoms with Crippen LogP contribution in [-0.2, 0) is 23.2 Å². The van der Waals surface area contributed by atoms with Gasteiger partial charge in [0.15, 0.2) is 6.61 Å². The van der Waals surface area contributed by atoms with Crippen LogP contribution < -0.4 is 10.5 Å². The number of rotatable bonds is 6. The molecule has 1 aromatic heterocycles. The molecular weight excluding hydrogens is 262 g/mol. The van der Waals surface area contributed by atoms with Gasteiger partial charge in [-0.2, -0.15) is 4.80 Å². The third kappa shape index (κ3) is 4.23. The molecule has 0 radical (unpaired) electrons. The van der Waals surface area contributed by atoms with Crippen molar-refractivity contribution in [1.82, 2.24) is 20.2 Å². The van der Waals surface area contributed by atoms with Crippen LogP contribution in [0.4, 0.5) is 5.69 Å². The van der Waals surface area contributed by atoms with Gasteiger partial charge in [-0.15, -0.1) is 10.2 Å². The van der Waals surface area contributed by atoms with E-state index in [1.807, 2.05) is 0 Å². The van der Waals surface area contributed by atoms with E-state index in [4.69, 9.17) is 15.2 Å². The number of benzene rings is 1. The summed E-state index contributed by atoms with van der Waals surface area (Å²) in [6, 6.07) is 7.00. The Hall–Kier alpha value is -2.64. The van der Waals surface area contributed by atoms with Crippen molar-refractivity contribution in [2.75, 3.05) is 12.3 Å². The second kappa shape index (κ2) is 6.50. The summed E-state index contributed by atoms with van der Waals surface area (Å²) in [6.45, 7) is 0.223. The quantitative estimate of drug-likeness (QED) is 0.598. The maximum atomic E-state index is 11.5. The molecule has 0 atom stereocenters. The fraction of sp³-hybridized carbons (Fsp3) is 0.333. The Kier molecular flexibility index (Phi) is 4.48. The van der Waals surface area contributed by atoms with Crippen molar-refractivity contribution >= 4 is 11.7 Å². The van der Waals surface area contributed by atoms with Crippen LogP contribution in [0.2, 0.25) is 0 Å². The first-order valence-corrected chi connectivity index (χ1v) is 6.00. The van der Waals surface area contributed by atoms with E-state index in [0.29, 0.717) is 17.3 Å². The molecule has 0 saturated heterocycles. The monoisotopic (exact) mass is 277 g/mol. The van der Waals surface area contributed by atoms with Gasteiger partial charge in [-0.05, 0) is 17.3 Å². The van der Waals surface area contributed by atoms with Crippen LogP contribution in [0.3, 0.4) is 0 Å². The van der Waals surface area contributed by atoms with Crippen molar-refractivity contribution in [2.45, 2.75) is 13.0 Å². The highest BCUT2D eigenvalue weighted by molar-refractivity contribution is 5.69. The second-order valence-electron chi connectivity index (χ2n) is 4.03. The van der Waals surface area contributed by atoms with E-state index in [9.17, 15) is 4.79 Å². The predicted molar refractivity (Wildman–Crippen MR) is 69.6 cm³/mol. The number of carbonyl (C=O) groups excluding carboxylic acids is 1. The second-order valence-corrected chi connectivity index (χ2v) is 4.03. The van der Waals surface area contributed by atoms with Crippen molar-refractivity contribution in [3.8, 4) is 5.75 Å². The molecule has 0 bridgehead atoms. The average molecular weight is 277 g/mol. The molecule has 0 aliphatic rings. The lowest BCUT2D eigenvalue weighted by Gasteiger charge is -2.06. The number of aryl methyl sites for hydroxylation is 1. The summed E-state index contributed by atoms with van der Waals surface area (Å²) in [5.74, 6) is 0.590. The Bertz CT molecular complexity index is 584. The van der Waals surface area contributed by atoms with E-state index in [2.05, 4.69) is 15.4 Å². The van der Waals surface area contributed by atoms with Gasteiger partial charge >= 0.3 is 5.97 Å². The molecular formula is C12H15N5O3. The molecule has 0 fully saturated rings. The maximum absolute atomic E-state index is 11.5. The van der Waals surface area contributed by atoms with Gasteiger partial charge in [0.05, 0.1) is 20.1 Å². The number of ether oxygens (including phenoxy) is 2. The van der Waals surface area contributed by atoms with Crippen LogP contribution in [0.25, 0.3) is 0 Å². The van der Waals surface area contributed by atoms with Crippen LogP contribution in [0.1, 0.15) is 12.2 Å². The lowest BCUT2D eigenvalue weighted by Crippen LogP contribution is -2.10. The number of hydrogen-bond donors (Lipinski definition) is 1. The normalized spacial score (nSPS) is 10.2. The Morgan fingerprint density at radius 1 is 1.45 bits per heavy atom. The molecule has 1 heterocycles. The summed E-state index contributed by atoms with van der Waals surface area (Å²) in [5, 5.41) is 11.2. The molecule has 0 unspecified atom stereocenters. The van der Waals surface area contributed by atoms with Gasteiger partial charge in [0.1, 0.15) is 5.75 Å². The third-order valence-corrected chi connectivity index (χ3v) is 2.35. The van der Waals surface area contributed by atoms with Crippen LogP contribution >= 0.6 is 0 Å². The molecule has 0 saturated carbocycles. The SMILES string of the molecule is Cn1nnc(COC(=O)CCOc2cccc(N)c2)n1. The Balaban J connectivity index is 1.67. The molecule has 20 heavy (non-hydrogen) atoms. The minimum atomic E-state index is -0.388. The van der Waals surface area contributed by atoms with Gasteiger partial charge in [-0.1, -0.05) is 6.07 Å². The van der Waals surface area contributed by atoms with Crippen molar-refractivity contribution in [2.24, 2.45) is 7.05 Å². The molecule has 8 nitrogen and oxygen atoms in total. The number of aromatic nitrogens is 4. The van der Waals surface area contributed by atoms with Gasteiger partial charge < -0.3 is 15.2 Å². The predicted octanol–water partition coefficient (Wildman–Crippen LogP) is 0.305. The van der Waals surface area contributed by atoms with Crippen molar-refractivity contribution in [1.29, 1.82) is 0 Å². The van der Waals surface area contributed by atoms with Gasteiger partial charge in [0.25, 0.3) is 0 Å². The molecule has 2 N–H and O–H groups in total. The summed E-state index contributed by atoms with van der Waals surface area (Å²) in [7, 11) is 1.64. The summed E-state index contributed by atoms with van der Waals surface area (Å²) in [6.07, 6.45) is 0.134. The highest BCUT2D eigenvalue weighted by atomic mass is 16.5. The lowest BCUT2D eigenvalue weighted by molar-refractivity contribution is -0.145. The Morgan fingerprint density at radius 3 is 3.00 bits per heavy atom. The number of nitrogens with zero attached hydrogens (tertiary/aromatic N) is 4. The van der Waals surface area contributed by atoms with Crippen LogP contribution in [-0.4, -0.2) is 32.8 Å².